The SMILES string of the molecule is [CH3][Ga]([C](C)(C)C)[C](C)(C)C. The van der Waals surface area contributed by atoms with Crippen LogP contribution in [0.2, 0.25) is 13.4 Å². The van der Waals surface area contributed by atoms with E-state index in [4.69, 9.17) is 0 Å². The van der Waals surface area contributed by atoms with E-state index in [-0.39, 0.29) is 0 Å². The Balaban J connectivity index is 4.23. The summed E-state index contributed by atoms with van der Waals surface area (Å²) in [4.78, 5) is 0. The monoisotopic (exact) mass is 198 g/mol. The summed E-state index contributed by atoms with van der Waals surface area (Å²) in [6.07, 6.45) is 0. The van der Waals surface area contributed by atoms with Crippen molar-refractivity contribution in [3.05, 3.63) is 0 Å². The van der Waals surface area contributed by atoms with E-state index in [1.807, 2.05) is 0 Å². The van der Waals surface area contributed by atoms with Gasteiger partial charge in [-0.25, -0.2) is 0 Å². The third-order valence-corrected chi connectivity index (χ3v) is 13.5. The number of hydrogen-bond donors (Lipinski definition) is 0. The Hall–Kier alpha value is 0.636. The Morgan fingerprint density at radius 3 is 0.900 bits per heavy atom. The molecular weight excluding hydrogens is 178 g/mol. The predicted octanol–water partition coefficient (Wildman–Crippen LogP) is 3.71. The fourth-order valence-electron chi connectivity index (χ4n) is 1.30. The molecule has 0 heterocycles. The summed E-state index contributed by atoms with van der Waals surface area (Å²) in [5.74, 6) is 0. The Bertz CT molecular complexity index is 88.9. The van der Waals surface area contributed by atoms with E-state index in [2.05, 4.69) is 47.0 Å². The summed E-state index contributed by atoms with van der Waals surface area (Å²) < 4.78 is 1.26. The van der Waals surface area contributed by atoms with Crippen LogP contribution in [0.4, 0.5) is 0 Å². The van der Waals surface area contributed by atoms with Crippen molar-refractivity contribution in [1.82, 2.24) is 0 Å². The van der Waals surface area contributed by atoms with Gasteiger partial charge in [-0.1, -0.05) is 0 Å². The van der Waals surface area contributed by atoms with Crippen LogP contribution >= 0.6 is 0 Å². The second-order valence-corrected chi connectivity index (χ2v) is 15.8. The van der Waals surface area contributed by atoms with Crippen LogP contribution in [0.1, 0.15) is 41.5 Å². The zero-order chi connectivity index (χ0) is 8.58. The zero-order valence-electron chi connectivity index (χ0n) is 8.58. The van der Waals surface area contributed by atoms with Gasteiger partial charge in [-0.15, -0.1) is 0 Å². The normalized spacial score (nSPS) is 13.5. The number of hydrogen-bond acceptors (Lipinski definition) is 0. The molecule has 60 valence electrons. The molecule has 0 aliphatic rings. The van der Waals surface area contributed by atoms with Gasteiger partial charge in [0.15, 0.2) is 0 Å². The van der Waals surface area contributed by atoms with Gasteiger partial charge in [0.1, 0.15) is 0 Å². The van der Waals surface area contributed by atoms with Gasteiger partial charge in [0, 0.05) is 0 Å². The van der Waals surface area contributed by atoms with Gasteiger partial charge in [0.05, 0.1) is 0 Å². The van der Waals surface area contributed by atoms with E-state index in [0.717, 1.165) is 0 Å². The molecule has 0 atom stereocenters. The first-order chi connectivity index (χ1) is 4.15. The minimum absolute atomic E-state index is 0.630. The summed E-state index contributed by atoms with van der Waals surface area (Å²) >= 11 is -1.05. The van der Waals surface area contributed by atoms with E-state index in [9.17, 15) is 0 Å². The van der Waals surface area contributed by atoms with Crippen molar-refractivity contribution in [3.63, 3.8) is 0 Å². The van der Waals surface area contributed by atoms with Crippen LogP contribution in [0.5, 0.6) is 0 Å². The van der Waals surface area contributed by atoms with Crippen molar-refractivity contribution in [2.45, 2.75) is 55.0 Å². The molecule has 1 heteroatoms. The van der Waals surface area contributed by atoms with E-state index in [0.29, 0.717) is 7.94 Å². The van der Waals surface area contributed by atoms with Gasteiger partial charge >= 0.3 is 71.2 Å². The second-order valence-electron chi connectivity index (χ2n) is 5.45. The van der Waals surface area contributed by atoms with Gasteiger partial charge in [0.2, 0.25) is 0 Å². The van der Waals surface area contributed by atoms with Crippen molar-refractivity contribution in [3.8, 4) is 0 Å². The summed E-state index contributed by atoms with van der Waals surface area (Å²) in [5, 5.41) is 0. The van der Waals surface area contributed by atoms with E-state index >= 15 is 0 Å². The second kappa shape index (κ2) is 2.94. The van der Waals surface area contributed by atoms with Gasteiger partial charge in [-0.05, 0) is 0 Å². The molecule has 0 aliphatic heterocycles. The minimum atomic E-state index is -1.05. The van der Waals surface area contributed by atoms with Gasteiger partial charge in [0.25, 0.3) is 0 Å². The molecule has 0 amide bonds. The van der Waals surface area contributed by atoms with E-state index in [1.54, 1.807) is 0 Å². The molecule has 0 saturated heterocycles. The molecule has 0 bridgehead atoms. The first-order valence-corrected chi connectivity index (χ1v) is 9.00. The third kappa shape index (κ3) is 3.15. The summed E-state index contributed by atoms with van der Waals surface area (Å²) in [6, 6.07) is 0. The molecule has 0 saturated carbocycles. The Labute approximate surface area is 71.4 Å². The van der Waals surface area contributed by atoms with Gasteiger partial charge in [-0.2, -0.15) is 0 Å². The van der Waals surface area contributed by atoms with Crippen molar-refractivity contribution in [2.75, 3.05) is 0 Å². The molecule has 0 aromatic rings. The maximum absolute atomic E-state index is 2.52. The quantitative estimate of drug-likeness (QED) is 0.521. The molecule has 0 rings (SSSR count). The Kier molecular flexibility index (Phi) is 3.13. The Morgan fingerprint density at radius 2 is 0.900 bits per heavy atom. The van der Waals surface area contributed by atoms with Crippen LogP contribution in [-0.4, -0.2) is 16.2 Å². The first-order valence-electron chi connectivity index (χ1n) is 4.15. The fraction of sp³-hybridized carbons (Fsp3) is 1.00. The first kappa shape index (κ1) is 10.6. The summed E-state index contributed by atoms with van der Waals surface area (Å²) in [7, 11) is 0. The molecule has 0 aromatic heterocycles. The van der Waals surface area contributed by atoms with Crippen molar-refractivity contribution in [2.24, 2.45) is 0 Å². The van der Waals surface area contributed by atoms with Gasteiger partial charge in [-0.3, -0.25) is 0 Å². The molecular formula is C9H21Ga. The third-order valence-electron chi connectivity index (χ3n) is 2.60. The van der Waals surface area contributed by atoms with E-state index < -0.39 is 16.2 Å². The average Bonchev–Trinajstić information content (AvgIpc) is 1.59. The van der Waals surface area contributed by atoms with E-state index in [1.165, 1.54) is 0 Å². The number of rotatable bonds is 0. The molecule has 0 aromatic carbocycles. The molecule has 0 unspecified atom stereocenters. The molecule has 0 nitrogen and oxygen atoms in total. The molecule has 10 heavy (non-hydrogen) atoms. The topological polar surface area (TPSA) is 0 Å². The van der Waals surface area contributed by atoms with Crippen LogP contribution in [0.3, 0.4) is 0 Å². The summed E-state index contributed by atoms with van der Waals surface area (Å²) in [5.41, 5.74) is 2.52. The van der Waals surface area contributed by atoms with Crippen LogP contribution in [0.15, 0.2) is 0 Å². The molecule has 0 radical (unpaired) electrons. The zero-order valence-corrected chi connectivity index (χ0v) is 11.0. The predicted molar refractivity (Wildman–Crippen MR) is 51.0 cm³/mol. The van der Waals surface area contributed by atoms with Crippen molar-refractivity contribution < 1.29 is 0 Å². The van der Waals surface area contributed by atoms with Crippen LogP contribution in [-0.2, 0) is 0 Å². The maximum atomic E-state index is 2.52. The standard InChI is InChI=1S/2C4H9.CH3.Ga/c2*1-4(2)3;;/h2*1-3H3;1H3;. The fourth-order valence-corrected chi connectivity index (χ4v) is 6.75. The van der Waals surface area contributed by atoms with Crippen LogP contribution in [0.25, 0.3) is 0 Å². The molecule has 0 fully saturated rings. The Morgan fingerprint density at radius 1 is 0.700 bits per heavy atom. The average molecular weight is 199 g/mol. The molecule has 0 N–H and O–H groups in total. The van der Waals surface area contributed by atoms with Crippen molar-refractivity contribution in [1.29, 1.82) is 0 Å². The van der Waals surface area contributed by atoms with Crippen molar-refractivity contribution >= 4 is 16.2 Å². The molecule has 0 aliphatic carbocycles. The van der Waals surface area contributed by atoms with Gasteiger partial charge < -0.3 is 0 Å². The molecule has 0 spiro atoms. The van der Waals surface area contributed by atoms with Crippen LogP contribution in [0, 0.1) is 0 Å². The summed E-state index contributed by atoms with van der Waals surface area (Å²) in [6.45, 7) is 14.4. The van der Waals surface area contributed by atoms with Crippen LogP contribution < -0.4 is 0 Å².